The monoisotopic (exact) mass is 330 g/mol. The fraction of sp³-hybridized carbons (Fsp3) is 0.176. The Hall–Kier alpha value is -2.60. The van der Waals surface area contributed by atoms with Crippen molar-refractivity contribution in [3.63, 3.8) is 0 Å². The van der Waals surface area contributed by atoms with Crippen LogP contribution >= 0.6 is 11.3 Å². The number of nitrogens with one attached hydrogen (secondary N) is 1. The molecule has 23 heavy (non-hydrogen) atoms. The predicted octanol–water partition coefficient (Wildman–Crippen LogP) is 2.87. The number of hydrogen-bond acceptors (Lipinski definition) is 4. The van der Waals surface area contributed by atoms with E-state index in [9.17, 15) is 9.59 Å². The molecule has 0 atom stereocenters. The number of amides is 2. The number of thiophene rings is 1. The van der Waals surface area contributed by atoms with Crippen molar-refractivity contribution in [3.05, 3.63) is 52.7 Å². The summed E-state index contributed by atoms with van der Waals surface area (Å²) in [6, 6.07) is 8.93. The molecule has 1 N–H and O–H groups in total. The van der Waals surface area contributed by atoms with Gasteiger partial charge in [-0.25, -0.2) is 0 Å². The van der Waals surface area contributed by atoms with E-state index in [1.807, 2.05) is 16.8 Å². The van der Waals surface area contributed by atoms with Crippen molar-refractivity contribution in [2.75, 3.05) is 26.0 Å². The second kappa shape index (κ2) is 8.14. The second-order valence-corrected chi connectivity index (χ2v) is 5.64. The molecule has 6 heteroatoms. The third-order valence-electron chi connectivity index (χ3n) is 3.09. The fourth-order valence-corrected chi connectivity index (χ4v) is 2.46. The van der Waals surface area contributed by atoms with E-state index in [-0.39, 0.29) is 18.4 Å². The number of carbonyl (C=O) groups excluding carboxylic acids is 2. The summed E-state index contributed by atoms with van der Waals surface area (Å²) in [5.74, 6) is 0.241. The molecule has 0 aliphatic carbocycles. The van der Waals surface area contributed by atoms with Gasteiger partial charge in [0.15, 0.2) is 0 Å². The zero-order valence-electron chi connectivity index (χ0n) is 13.0. The van der Waals surface area contributed by atoms with Crippen LogP contribution in [0.3, 0.4) is 0 Å². The highest BCUT2D eigenvalue weighted by Crippen LogP contribution is 2.14. The standard InChI is InChI=1S/C17H18N2O3S/c1-19(17(21)8-3-13-9-10-23-12-13)11-16(20)18-14-4-6-15(22-2)7-5-14/h3-10,12H,11H2,1-2H3,(H,18,20). The molecular weight excluding hydrogens is 312 g/mol. The first-order chi connectivity index (χ1) is 11.1. The van der Waals surface area contributed by atoms with Crippen molar-refractivity contribution in [2.45, 2.75) is 0 Å². The van der Waals surface area contributed by atoms with Crippen LogP contribution in [0.15, 0.2) is 47.2 Å². The summed E-state index contributed by atoms with van der Waals surface area (Å²) in [7, 11) is 3.17. The second-order valence-electron chi connectivity index (χ2n) is 4.86. The first-order valence-electron chi connectivity index (χ1n) is 6.98. The SMILES string of the molecule is COc1ccc(NC(=O)CN(C)C(=O)C=Cc2ccsc2)cc1. The number of carbonyl (C=O) groups is 2. The van der Waals surface area contributed by atoms with E-state index in [1.165, 1.54) is 11.0 Å². The van der Waals surface area contributed by atoms with Gasteiger partial charge in [0.25, 0.3) is 0 Å². The van der Waals surface area contributed by atoms with E-state index >= 15 is 0 Å². The van der Waals surface area contributed by atoms with Crippen molar-refractivity contribution in [1.29, 1.82) is 0 Å². The van der Waals surface area contributed by atoms with Crippen LogP contribution in [0.2, 0.25) is 0 Å². The number of rotatable bonds is 6. The maximum absolute atomic E-state index is 12.0. The van der Waals surface area contributed by atoms with Crippen LogP contribution in [-0.2, 0) is 9.59 Å². The molecule has 0 spiro atoms. The lowest BCUT2D eigenvalue weighted by atomic mass is 10.3. The van der Waals surface area contributed by atoms with E-state index < -0.39 is 0 Å². The van der Waals surface area contributed by atoms with Gasteiger partial charge < -0.3 is 15.0 Å². The van der Waals surface area contributed by atoms with Crippen LogP contribution in [0.5, 0.6) is 5.75 Å². The number of likely N-dealkylation sites (N-methyl/N-ethyl adjacent to an activating group) is 1. The van der Waals surface area contributed by atoms with Crippen LogP contribution in [0.25, 0.3) is 6.08 Å². The molecular formula is C17H18N2O3S. The number of benzene rings is 1. The van der Waals surface area contributed by atoms with Crippen molar-refractivity contribution in [2.24, 2.45) is 0 Å². The Morgan fingerprint density at radius 3 is 2.61 bits per heavy atom. The number of hydrogen-bond donors (Lipinski definition) is 1. The molecule has 1 heterocycles. The zero-order chi connectivity index (χ0) is 16.7. The molecule has 1 aromatic carbocycles. The Balaban J connectivity index is 1.84. The highest BCUT2D eigenvalue weighted by Gasteiger charge is 2.10. The van der Waals surface area contributed by atoms with Crippen LogP contribution in [-0.4, -0.2) is 37.4 Å². The fourth-order valence-electron chi connectivity index (χ4n) is 1.83. The maximum atomic E-state index is 12.0. The number of methoxy groups -OCH3 is 1. The van der Waals surface area contributed by atoms with E-state index in [1.54, 1.807) is 55.8 Å². The van der Waals surface area contributed by atoms with Crippen LogP contribution in [0.1, 0.15) is 5.56 Å². The van der Waals surface area contributed by atoms with Crippen molar-refractivity contribution in [3.8, 4) is 5.75 Å². The third-order valence-corrected chi connectivity index (χ3v) is 3.79. The Morgan fingerprint density at radius 2 is 2.00 bits per heavy atom. The lowest BCUT2D eigenvalue weighted by Gasteiger charge is -2.15. The molecule has 0 saturated carbocycles. The van der Waals surface area contributed by atoms with E-state index in [0.717, 1.165) is 5.56 Å². The average Bonchev–Trinajstić information content (AvgIpc) is 3.06. The minimum absolute atomic E-state index is 0.0150. The van der Waals surface area contributed by atoms with E-state index in [4.69, 9.17) is 4.74 Å². The van der Waals surface area contributed by atoms with Crippen molar-refractivity contribution < 1.29 is 14.3 Å². The number of nitrogens with zero attached hydrogens (tertiary/aromatic N) is 1. The quantitative estimate of drug-likeness (QED) is 0.829. The maximum Gasteiger partial charge on any atom is 0.246 e. The third kappa shape index (κ3) is 5.27. The number of ether oxygens (including phenoxy) is 1. The zero-order valence-corrected chi connectivity index (χ0v) is 13.8. The topological polar surface area (TPSA) is 58.6 Å². The Bertz CT molecular complexity index is 678. The summed E-state index contributed by atoms with van der Waals surface area (Å²) < 4.78 is 5.06. The highest BCUT2D eigenvalue weighted by molar-refractivity contribution is 7.08. The molecule has 120 valence electrons. The molecule has 0 bridgehead atoms. The Morgan fingerprint density at radius 1 is 1.26 bits per heavy atom. The van der Waals surface area contributed by atoms with Crippen LogP contribution in [0.4, 0.5) is 5.69 Å². The Labute approximate surface area is 139 Å². The molecule has 0 saturated heterocycles. The molecule has 2 rings (SSSR count). The van der Waals surface area contributed by atoms with Gasteiger partial charge in [-0.3, -0.25) is 9.59 Å². The molecule has 2 aromatic rings. The van der Waals surface area contributed by atoms with Crippen molar-refractivity contribution in [1.82, 2.24) is 4.90 Å². The molecule has 0 aliphatic heterocycles. The Kier molecular flexibility index (Phi) is 5.94. The molecule has 1 aromatic heterocycles. The summed E-state index contributed by atoms with van der Waals surface area (Å²) in [5.41, 5.74) is 1.63. The van der Waals surface area contributed by atoms with Gasteiger partial charge in [-0.05, 0) is 52.7 Å². The molecule has 2 amide bonds. The summed E-state index contributed by atoms with van der Waals surface area (Å²) in [6.45, 7) is -0.0150. The highest BCUT2D eigenvalue weighted by atomic mass is 32.1. The minimum Gasteiger partial charge on any atom is -0.497 e. The molecule has 0 radical (unpaired) electrons. The lowest BCUT2D eigenvalue weighted by Crippen LogP contribution is -2.33. The van der Waals surface area contributed by atoms with Crippen LogP contribution < -0.4 is 10.1 Å². The van der Waals surface area contributed by atoms with Crippen molar-refractivity contribution >= 4 is 34.9 Å². The van der Waals surface area contributed by atoms with E-state index in [2.05, 4.69) is 5.32 Å². The smallest absolute Gasteiger partial charge is 0.246 e. The van der Waals surface area contributed by atoms with Gasteiger partial charge in [-0.1, -0.05) is 0 Å². The summed E-state index contributed by atoms with van der Waals surface area (Å²) in [6.07, 6.45) is 3.19. The summed E-state index contributed by atoms with van der Waals surface area (Å²) in [5, 5.41) is 6.62. The van der Waals surface area contributed by atoms with Gasteiger partial charge in [0.1, 0.15) is 5.75 Å². The predicted molar refractivity (Wildman–Crippen MR) is 92.6 cm³/mol. The average molecular weight is 330 g/mol. The van der Waals surface area contributed by atoms with Gasteiger partial charge in [-0.15, -0.1) is 0 Å². The molecule has 0 aliphatic rings. The largest absolute Gasteiger partial charge is 0.497 e. The van der Waals surface area contributed by atoms with Crippen LogP contribution in [0, 0.1) is 0 Å². The normalized spacial score (nSPS) is 10.5. The number of anilines is 1. The molecule has 5 nitrogen and oxygen atoms in total. The van der Waals surface area contributed by atoms with Gasteiger partial charge in [0.05, 0.1) is 13.7 Å². The minimum atomic E-state index is -0.255. The van der Waals surface area contributed by atoms with Gasteiger partial charge in [0.2, 0.25) is 11.8 Å². The lowest BCUT2D eigenvalue weighted by molar-refractivity contribution is -0.129. The van der Waals surface area contributed by atoms with Gasteiger partial charge in [-0.2, -0.15) is 11.3 Å². The van der Waals surface area contributed by atoms with Gasteiger partial charge >= 0.3 is 0 Å². The first-order valence-corrected chi connectivity index (χ1v) is 7.92. The summed E-state index contributed by atoms with van der Waals surface area (Å²) in [4.78, 5) is 25.3. The first kappa shape index (κ1) is 16.8. The van der Waals surface area contributed by atoms with Gasteiger partial charge in [0, 0.05) is 18.8 Å². The molecule has 0 unspecified atom stereocenters. The van der Waals surface area contributed by atoms with E-state index in [0.29, 0.717) is 11.4 Å². The molecule has 0 fully saturated rings. The summed E-state index contributed by atoms with van der Waals surface area (Å²) >= 11 is 1.56.